The van der Waals surface area contributed by atoms with Gasteiger partial charge in [-0.1, -0.05) is 11.6 Å². The zero-order chi connectivity index (χ0) is 19.8. The van der Waals surface area contributed by atoms with Crippen LogP contribution in [0.15, 0.2) is 30.6 Å². The van der Waals surface area contributed by atoms with Crippen LogP contribution in [0.25, 0.3) is 16.9 Å². The summed E-state index contributed by atoms with van der Waals surface area (Å²) in [5.41, 5.74) is 1.83. The maximum absolute atomic E-state index is 12.0. The van der Waals surface area contributed by atoms with Gasteiger partial charge in [-0.05, 0) is 18.2 Å². The summed E-state index contributed by atoms with van der Waals surface area (Å²) in [6.45, 7) is 1.39. The number of amides is 1. The van der Waals surface area contributed by atoms with Gasteiger partial charge < -0.3 is 5.32 Å². The van der Waals surface area contributed by atoms with Gasteiger partial charge in [-0.2, -0.15) is 13.5 Å². The summed E-state index contributed by atoms with van der Waals surface area (Å²) in [4.78, 5) is 19.4. The zero-order valence-corrected chi connectivity index (χ0v) is 16.2. The molecular formula is C15H16ClN7O3S. The standard InChI is InChI=1S/C15H16ClN7O3S/c1-9(24)19-13-8-23-14(20-13)5-4-11(21-23)10-6-12(15(16)18-7-10)22(3)27(25,26)17-2/h4-8,17H,1-3H3,(H,19,24). The van der Waals surface area contributed by atoms with Crippen molar-refractivity contribution >= 4 is 44.9 Å². The van der Waals surface area contributed by atoms with Crippen LogP contribution in [-0.2, 0) is 15.0 Å². The predicted octanol–water partition coefficient (Wildman–Crippen LogP) is 1.30. The lowest BCUT2D eigenvalue weighted by Gasteiger charge is -2.19. The van der Waals surface area contributed by atoms with E-state index < -0.39 is 10.2 Å². The van der Waals surface area contributed by atoms with E-state index in [9.17, 15) is 13.2 Å². The van der Waals surface area contributed by atoms with Gasteiger partial charge in [0, 0.05) is 32.8 Å². The fourth-order valence-electron chi connectivity index (χ4n) is 2.34. The third-order valence-electron chi connectivity index (χ3n) is 3.70. The molecule has 0 fully saturated rings. The van der Waals surface area contributed by atoms with Gasteiger partial charge in [-0.3, -0.25) is 9.10 Å². The Kier molecular flexibility index (Phi) is 5.00. The molecule has 0 aromatic carbocycles. The highest BCUT2D eigenvalue weighted by atomic mass is 35.5. The fraction of sp³-hybridized carbons (Fsp3) is 0.200. The van der Waals surface area contributed by atoms with E-state index in [2.05, 4.69) is 25.1 Å². The highest BCUT2D eigenvalue weighted by Gasteiger charge is 2.20. The number of carbonyl (C=O) groups excluding carboxylic acids is 1. The second-order valence-corrected chi connectivity index (χ2v) is 7.80. The number of hydrogen-bond donors (Lipinski definition) is 2. The Balaban J connectivity index is 2.03. The van der Waals surface area contributed by atoms with E-state index in [-0.39, 0.29) is 16.7 Å². The van der Waals surface area contributed by atoms with Gasteiger partial charge in [0.2, 0.25) is 5.91 Å². The van der Waals surface area contributed by atoms with Crippen LogP contribution in [0.2, 0.25) is 5.15 Å². The maximum atomic E-state index is 12.0. The first kappa shape index (κ1) is 19.0. The van der Waals surface area contributed by atoms with Crippen LogP contribution in [0.3, 0.4) is 0 Å². The lowest BCUT2D eigenvalue weighted by molar-refractivity contribution is -0.114. The first-order valence-corrected chi connectivity index (χ1v) is 9.50. The molecule has 0 aliphatic carbocycles. The van der Waals surface area contributed by atoms with Gasteiger partial charge >= 0.3 is 10.2 Å². The molecule has 0 aliphatic heterocycles. The number of halogens is 1. The van der Waals surface area contributed by atoms with Crippen molar-refractivity contribution in [1.82, 2.24) is 24.3 Å². The van der Waals surface area contributed by atoms with Crippen LogP contribution < -0.4 is 14.3 Å². The Morgan fingerprint density at radius 3 is 2.74 bits per heavy atom. The lowest BCUT2D eigenvalue weighted by atomic mass is 10.2. The molecule has 3 heterocycles. The van der Waals surface area contributed by atoms with Crippen LogP contribution in [0, 0.1) is 0 Å². The monoisotopic (exact) mass is 409 g/mol. The van der Waals surface area contributed by atoms with Crippen molar-refractivity contribution in [3.8, 4) is 11.3 Å². The van der Waals surface area contributed by atoms with Gasteiger partial charge in [0.25, 0.3) is 0 Å². The smallest absolute Gasteiger partial charge is 0.301 e. The summed E-state index contributed by atoms with van der Waals surface area (Å²) in [5, 5.41) is 7.05. The van der Waals surface area contributed by atoms with Crippen molar-refractivity contribution < 1.29 is 13.2 Å². The fourth-order valence-corrected chi connectivity index (χ4v) is 3.29. The lowest BCUT2D eigenvalue weighted by Crippen LogP contribution is -2.36. The number of anilines is 2. The average molecular weight is 410 g/mol. The minimum Gasteiger partial charge on any atom is -0.310 e. The van der Waals surface area contributed by atoms with E-state index >= 15 is 0 Å². The number of hydrogen-bond acceptors (Lipinski definition) is 6. The third-order valence-corrected chi connectivity index (χ3v) is 5.42. The number of nitrogens with zero attached hydrogens (tertiary/aromatic N) is 5. The Bertz CT molecular complexity index is 1130. The third kappa shape index (κ3) is 3.84. The Hall–Kier alpha value is -2.76. The van der Waals surface area contributed by atoms with Crippen molar-refractivity contribution in [3.05, 3.63) is 35.7 Å². The van der Waals surface area contributed by atoms with E-state index in [1.807, 2.05) is 0 Å². The summed E-state index contributed by atoms with van der Waals surface area (Å²) >= 11 is 6.07. The molecule has 0 atom stereocenters. The largest absolute Gasteiger partial charge is 0.310 e. The van der Waals surface area contributed by atoms with E-state index in [0.29, 0.717) is 22.7 Å². The molecule has 2 N–H and O–H groups in total. The van der Waals surface area contributed by atoms with Crippen molar-refractivity contribution in [2.45, 2.75) is 6.92 Å². The minimum atomic E-state index is -3.73. The number of rotatable bonds is 5. The normalized spacial score (nSPS) is 11.6. The molecule has 0 aliphatic rings. The first-order chi connectivity index (χ1) is 12.7. The molecule has 3 aromatic rings. The van der Waals surface area contributed by atoms with E-state index in [1.54, 1.807) is 24.4 Å². The molecule has 3 aromatic heterocycles. The molecule has 0 unspecified atom stereocenters. The van der Waals surface area contributed by atoms with Gasteiger partial charge in [0.1, 0.15) is 0 Å². The molecule has 0 radical (unpaired) electrons. The second-order valence-electron chi connectivity index (χ2n) is 5.54. The number of pyridine rings is 1. The number of carbonyl (C=O) groups is 1. The van der Waals surface area contributed by atoms with Crippen LogP contribution in [0.5, 0.6) is 0 Å². The molecule has 27 heavy (non-hydrogen) atoms. The predicted molar refractivity (Wildman–Crippen MR) is 102 cm³/mol. The molecule has 12 heteroatoms. The van der Waals surface area contributed by atoms with Gasteiger partial charge in [-0.15, -0.1) is 0 Å². The van der Waals surface area contributed by atoms with Crippen molar-refractivity contribution in [1.29, 1.82) is 0 Å². The van der Waals surface area contributed by atoms with Crippen molar-refractivity contribution in [3.63, 3.8) is 0 Å². The van der Waals surface area contributed by atoms with E-state index in [4.69, 9.17) is 11.6 Å². The molecule has 0 spiro atoms. The first-order valence-electron chi connectivity index (χ1n) is 7.68. The Morgan fingerprint density at radius 1 is 1.33 bits per heavy atom. The molecule has 0 saturated carbocycles. The number of imidazole rings is 1. The Morgan fingerprint density at radius 2 is 2.07 bits per heavy atom. The highest BCUT2D eigenvalue weighted by molar-refractivity contribution is 7.90. The molecule has 142 valence electrons. The second kappa shape index (κ2) is 7.10. The topological polar surface area (TPSA) is 122 Å². The molecule has 1 amide bonds. The van der Waals surface area contributed by atoms with Gasteiger partial charge in [0.05, 0.1) is 17.6 Å². The van der Waals surface area contributed by atoms with E-state index in [1.165, 1.54) is 31.7 Å². The summed E-state index contributed by atoms with van der Waals surface area (Å²) in [6.07, 6.45) is 3.06. The molecule has 10 nitrogen and oxygen atoms in total. The molecular weight excluding hydrogens is 394 g/mol. The van der Waals surface area contributed by atoms with Crippen molar-refractivity contribution in [2.24, 2.45) is 0 Å². The maximum Gasteiger partial charge on any atom is 0.301 e. The van der Waals surface area contributed by atoms with Crippen LogP contribution in [0.4, 0.5) is 11.5 Å². The van der Waals surface area contributed by atoms with Crippen molar-refractivity contribution in [2.75, 3.05) is 23.7 Å². The quantitative estimate of drug-likeness (QED) is 0.612. The Labute approximate surface area is 160 Å². The molecule has 0 saturated heterocycles. The van der Waals surface area contributed by atoms with Gasteiger partial charge in [0.15, 0.2) is 16.6 Å². The SMILES string of the molecule is CNS(=O)(=O)N(C)c1cc(-c2ccc3nc(NC(C)=O)cn3n2)cnc1Cl. The number of fused-ring (bicyclic) bond motifs is 1. The summed E-state index contributed by atoms with van der Waals surface area (Å²) < 4.78 is 28.8. The zero-order valence-electron chi connectivity index (χ0n) is 14.6. The number of aromatic nitrogens is 4. The minimum absolute atomic E-state index is 0.0386. The van der Waals surface area contributed by atoms with Gasteiger partial charge in [-0.25, -0.2) is 19.2 Å². The number of nitrogens with one attached hydrogen (secondary N) is 2. The van der Waals surface area contributed by atoms with Crippen LogP contribution >= 0.6 is 11.6 Å². The average Bonchev–Trinajstić information content (AvgIpc) is 3.02. The highest BCUT2D eigenvalue weighted by Crippen LogP contribution is 2.29. The summed E-state index contributed by atoms with van der Waals surface area (Å²) in [6, 6.07) is 5.00. The van der Waals surface area contributed by atoms with Crippen LogP contribution in [0.1, 0.15) is 6.92 Å². The van der Waals surface area contributed by atoms with Crippen LogP contribution in [-0.4, -0.2) is 48.0 Å². The molecule has 3 rings (SSSR count). The summed E-state index contributed by atoms with van der Waals surface area (Å²) in [7, 11) is -1.06. The van der Waals surface area contributed by atoms with E-state index in [0.717, 1.165) is 4.31 Å². The molecule has 0 bridgehead atoms. The summed E-state index contributed by atoms with van der Waals surface area (Å²) in [5.74, 6) is 0.140.